The molecule has 2 heterocycles. The van der Waals surface area contributed by atoms with Crippen molar-refractivity contribution in [3.8, 4) is 0 Å². The summed E-state index contributed by atoms with van der Waals surface area (Å²) >= 11 is 5.29. The van der Waals surface area contributed by atoms with Crippen LogP contribution >= 0.6 is 12.2 Å². The van der Waals surface area contributed by atoms with E-state index < -0.39 is 0 Å². The molecule has 1 aromatic rings. The first-order valence-corrected chi connectivity index (χ1v) is 9.76. The van der Waals surface area contributed by atoms with Gasteiger partial charge in [0.1, 0.15) is 0 Å². The van der Waals surface area contributed by atoms with Crippen LogP contribution in [0.1, 0.15) is 42.5 Å². The molecule has 2 N–H and O–H groups in total. The Bertz CT molecular complexity index is 656. The molecule has 2 fully saturated rings. The molecule has 26 heavy (non-hydrogen) atoms. The van der Waals surface area contributed by atoms with E-state index >= 15 is 0 Å². The van der Waals surface area contributed by atoms with Crippen LogP contribution in [0, 0.1) is 0 Å². The summed E-state index contributed by atoms with van der Waals surface area (Å²) in [6, 6.07) is 7.42. The molecule has 2 amide bonds. The third-order valence-electron chi connectivity index (χ3n) is 4.87. The molecule has 2 aliphatic rings. The zero-order valence-corrected chi connectivity index (χ0v) is 15.8. The zero-order valence-electron chi connectivity index (χ0n) is 15.0. The molecular formula is C19H26N4O2S. The van der Waals surface area contributed by atoms with Crippen molar-refractivity contribution < 1.29 is 9.59 Å². The molecule has 0 spiro atoms. The van der Waals surface area contributed by atoms with Crippen LogP contribution in [-0.2, 0) is 4.79 Å². The minimum absolute atomic E-state index is 0.104. The van der Waals surface area contributed by atoms with Crippen LogP contribution in [0.5, 0.6) is 0 Å². The Hall–Kier alpha value is -2.15. The second kappa shape index (κ2) is 8.98. The number of nitrogens with zero attached hydrogens (tertiary/aromatic N) is 2. The van der Waals surface area contributed by atoms with Gasteiger partial charge >= 0.3 is 0 Å². The van der Waals surface area contributed by atoms with Crippen molar-refractivity contribution in [3.05, 3.63) is 29.8 Å². The van der Waals surface area contributed by atoms with Gasteiger partial charge in [-0.25, -0.2) is 0 Å². The highest BCUT2D eigenvalue weighted by Crippen LogP contribution is 2.15. The largest absolute Gasteiger partial charge is 0.361 e. The van der Waals surface area contributed by atoms with E-state index in [1.165, 1.54) is 6.42 Å². The molecule has 140 valence electrons. The van der Waals surface area contributed by atoms with Crippen LogP contribution < -0.4 is 10.6 Å². The van der Waals surface area contributed by atoms with Crippen molar-refractivity contribution in [2.45, 2.75) is 32.1 Å². The first-order chi connectivity index (χ1) is 12.6. The molecular weight excluding hydrogens is 348 g/mol. The third kappa shape index (κ3) is 4.94. The van der Waals surface area contributed by atoms with Gasteiger partial charge in [0.2, 0.25) is 5.91 Å². The predicted octanol–water partition coefficient (Wildman–Crippen LogP) is 2.22. The number of piperidine rings is 1. The SMILES string of the molecule is O=C1CCCN1CCNC(=S)Nc1ccc(C(=O)N2CCCCC2)cc1. The highest BCUT2D eigenvalue weighted by Gasteiger charge is 2.19. The first kappa shape index (κ1) is 18.6. The van der Waals surface area contributed by atoms with Gasteiger partial charge in [-0.2, -0.15) is 0 Å². The van der Waals surface area contributed by atoms with E-state index in [0.29, 0.717) is 30.2 Å². The molecule has 3 rings (SSSR count). The Morgan fingerprint density at radius 2 is 1.77 bits per heavy atom. The molecule has 6 nitrogen and oxygen atoms in total. The predicted molar refractivity (Wildman–Crippen MR) is 106 cm³/mol. The second-order valence-corrected chi connectivity index (χ2v) is 7.20. The Labute approximate surface area is 159 Å². The van der Waals surface area contributed by atoms with Crippen molar-refractivity contribution in [2.24, 2.45) is 0 Å². The van der Waals surface area contributed by atoms with E-state index in [1.807, 2.05) is 34.1 Å². The number of thiocarbonyl (C=S) groups is 1. The van der Waals surface area contributed by atoms with Gasteiger partial charge in [0, 0.05) is 50.4 Å². The average molecular weight is 375 g/mol. The lowest BCUT2D eigenvalue weighted by Gasteiger charge is -2.26. The summed E-state index contributed by atoms with van der Waals surface area (Å²) < 4.78 is 0. The molecule has 2 aliphatic heterocycles. The quantitative estimate of drug-likeness (QED) is 0.774. The summed E-state index contributed by atoms with van der Waals surface area (Å²) in [5.41, 5.74) is 1.55. The maximum atomic E-state index is 12.5. The maximum absolute atomic E-state index is 12.5. The lowest BCUT2D eigenvalue weighted by molar-refractivity contribution is -0.127. The number of carbonyl (C=O) groups excluding carboxylic acids is 2. The summed E-state index contributed by atoms with van der Waals surface area (Å²) in [7, 11) is 0. The fourth-order valence-electron chi connectivity index (χ4n) is 3.40. The van der Waals surface area contributed by atoms with E-state index in [0.717, 1.165) is 44.6 Å². The van der Waals surface area contributed by atoms with Gasteiger partial charge in [0.25, 0.3) is 5.91 Å². The van der Waals surface area contributed by atoms with Gasteiger partial charge in [-0.1, -0.05) is 0 Å². The van der Waals surface area contributed by atoms with E-state index in [9.17, 15) is 9.59 Å². The smallest absolute Gasteiger partial charge is 0.253 e. The van der Waals surface area contributed by atoms with E-state index in [2.05, 4.69) is 10.6 Å². The Morgan fingerprint density at radius 3 is 2.42 bits per heavy atom. The number of rotatable bonds is 5. The van der Waals surface area contributed by atoms with Crippen LogP contribution in [0.2, 0.25) is 0 Å². The van der Waals surface area contributed by atoms with Crippen LogP contribution in [0.15, 0.2) is 24.3 Å². The summed E-state index contributed by atoms with van der Waals surface area (Å²) in [6.45, 7) is 3.85. The van der Waals surface area contributed by atoms with Crippen molar-refractivity contribution in [1.29, 1.82) is 0 Å². The monoisotopic (exact) mass is 374 g/mol. The maximum Gasteiger partial charge on any atom is 0.253 e. The second-order valence-electron chi connectivity index (χ2n) is 6.80. The Balaban J connectivity index is 1.43. The molecule has 0 aliphatic carbocycles. The van der Waals surface area contributed by atoms with Gasteiger partial charge < -0.3 is 20.4 Å². The highest BCUT2D eigenvalue weighted by molar-refractivity contribution is 7.80. The molecule has 0 radical (unpaired) electrons. The van der Waals surface area contributed by atoms with Crippen LogP contribution in [0.25, 0.3) is 0 Å². The number of hydrogen-bond acceptors (Lipinski definition) is 3. The first-order valence-electron chi connectivity index (χ1n) is 9.35. The Morgan fingerprint density at radius 1 is 1.04 bits per heavy atom. The van der Waals surface area contributed by atoms with Crippen molar-refractivity contribution in [2.75, 3.05) is 38.0 Å². The molecule has 0 unspecified atom stereocenters. The van der Waals surface area contributed by atoms with E-state index in [1.54, 1.807) is 0 Å². The minimum atomic E-state index is 0.104. The topological polar surface area (TPSA) is 64.7 Å². The standard InChI is InChI=1S/C19H26N4O2S/c24-17-5-4-13-22(17)14-10-20-19(26)21-16-8-6-15(7-9-16)18(25)23-11-2-1-3-12-23/h6-9H,1-5,10-14H2,(H2,20,21,26). The summed E-state index contributed by atoms with van der Waals surface area (Å²) in [6.07, 6.45) is 5.00. The molecule has 1 aromatic carbocycles. The zero-order chi connectivity index (χ0) is 18.4. The number of carbonyl (C=O) groups is 2. The van der Waals surface area contributed by atoms with Crippen LogP contribution in [0.4, 0.5) is 5.69 Å². The highest BCUT2D eigenvalue weighted by atomic mass is 32.1. The minimum Gasteiger partial charge on any atom is -0.361 e. The fourth-order valence-corrected chi connectivity index (χ4v) is 3.62. The Kier molecular flexibility index (Phi) is 6.44. The van der Waals surface area contributed by atoms with Crippen molar-refractivity contribution in [1.82, 2.24) is 15.1 Å². The van der Waals surface area contributed by atoms with Crippen molar-refractivity contribution in [3.63, 3.8) is 0 Å². The number of benzene rings is 1. The lowest BCUT2D eigenvalue weighted by atomic mass is 10.1. The van der Waals surface area contributed by atoms with Gasteiger partial charge in [0.15, 0.2) is 5.11 Å². The van der Waals surface area contributed by atoms with E-state index in [4.69, 9.17) is 12.2 Å². The molecule has 7 heteroatoms. The van der Waals surface area contributed by atoms with Gasteiger partial charge in [-0.15, -0.1) is 0 Å². The molecule has 0 saturated carbocycles. The number of likely N-dealkylation sites (tertiary alicyclic amines) is 2. The fraction of sp³-hybridized carbons (Fsp3) is 0.526. The van der Waals surface area contributed by atoms with Crippen molar-refractivity contribution >= 4 is 34.8 Å². The molecule has 2 saturated heterocycles. The van der Waals surface area contributed by atoms with Crippen LogP contribution in [-0.4, -0.2) is 59.5 Å². The number of amides is 2. The van der Waals surface area contributed by atoms with Crippen LogP contribution in [0.3, 0.4) is 0 Å². The third-order valence-corrected chi connectivity index (χ3v) is 5.12. The lowest BCUT2D eigenvalue weighted by Crippen LogP contribution is -2.37. The number of hydrogen-bond donors (Lipinski definition) is 2. The number of nitrogens with one attached hydrogen (secondary N) is 2. The molecule has 0 atom stereocenters. The van der Waals surface area contributed by atoms with Gasteiger partial charge in [-0.3, -0.25) is 9.59 Å². The molecule has 0 bridgehead atoms. The van der Waals surface area contributed by atoms with Gasteiger partial charge in [-0.05, 0) is 62.2 Å². The summed E-state index contributed by atoms with van der Waals surface area (Å²) in [4.78, 5) is 27.8. The average Bonchev–Trinajstić information content (AvgIpc) is 3.07. The van der Waals surface area contributed by atoms with Gasteiger partial charge in [0.05, 0.1) is 0 Å². The normalized spacial score (nSPS) is 17.3. The molecule has 0 aromatic heterocycles. The summed E-state index contributed by atoms with van der Waals surface area (Å²) in [5, 5.41) is 6.76. The summed E-state index contributed by atoms with van der Waals surface area (Å²) in [5.74, 6) is 0.326. The van der Waals surface area contributed by atoms with E-state index in [-0.39, 0.29) is 11.8 Å². The number of anilines is 1.